The van der Waals surface area contributed by atoms with Gasteiger partial charge >= 0.3 is 0 Å². The van der Waals surface area contributed by atoms with Gasteiger partial charge in [-0.2, -0.15) is 0 Å². The highest BCUT2D eigenvalue weighted by Crippen LogP contribution is 2.86. The fourth-order valence-corrected chi connectivity index (χ4v) is 10.5. The minimum absolute atomic E-state index is 0.0470. The van der Waals surface area contributed by atoms with E-state index in [1.807, 2.05) is 0 Å². The Labute approximate surface area is 155 Å². The van der Waals surface area contributed by atoms with Crippen molar-refractivity contribution in [1.82, 2.24) is 4.90 Å². The molecule has 0 amide bonds. The average molecular weight is 357 g/mol. The number of aliphatic hydroxyl groups excluding tert-OH is 2. The smallest absolute Gasteiger partial charge is 0.116 e. The predicted molar refractivity (Wildman–Crippen MR) is 96.0 cm³/mol. The van der Waals surface area contributed by atoms with Gasteiger partial charge in [0.15, 0.2) is 0 Å². The summed E-state index contributed by atoms with van der Waals surface area (Å²) in [6.45, 7) is 10.1. The molecule has 9 bridgehead atoms. The van der Waals surface area contributed by atoms with Crippen molar-refractivity contribution in [2.24, 2.45) is 39.9 Å². The number of hydrogen-bond donors (Lipinski definition) is 2. The molecule has 0 aromatic carbocycles. The fraction of sp³-hybridized carbons (Fsp3) is 0.909. The first-order chi connectivity index (χ1) is 12.4. The lowest BCUT2D eigenvalue weighted by atomic mass is 9.41. The molecule has 9 aliphatic rings. The maximum Gasteiger partial charge on any atom is 0.116 e. The molecule has 26 heavy (non-hydrogen) atoms. The summed E-state index contributed by atoms with van der Waals surface area (Å²) in [5.74, 6) is 1.77. The number of nitrogens with zero attached hydrogens (tertiary/aromatic N) is 1. The zero-order valence-corrected chi connectivity index (χ0v) is 15.9. The zero-order valence-electron chi connectivity index (χ0n) is 15.9. The molecule has 4 aliphatic heterocycles. The fourth-order valence-electron chi connectivity index (χ4n) is 10.5. The Hall–Kier alpha value is -0.420. The lowest BCUT2D eigenvalue weighted by Crippen LogP contribution is -2.78. The molecule has 142 valence electrons. The highest BCUT2D eigenvalue weighted by molar-refractivity contribution is 5.40. The minimum atomic E-state index is -0.426. The second-order valence-corrected chi connectivity index (χ2v) is 10.9. The van der Waals surface area contributed by atoms with Crippen molar-refractivity contribution in [3.8, 4) is 0 Å². The molecular weight excluding hydrogens is 326 g/mol. The van der Waals surface area contributed by atoms with E-state index in [0.29, 0.717) is 29.9 Å². The first-order valence-corrected chi connectivity index (χ1v) is 10.9. The quantitative estimate of drug-likeness (QED) is 0.706. The van der Waals surface area contributed by atoms with Crippen molar-refractivity contribution >= 4 is 0 Å². The van der Waals surface area contributed by atoms with E-state index in [2.05, 4.69) is 25.3 Å². The van der Waals surface area contributed by atoms with Crippen LogP contribution in [-0.2, 0) is 4.74 Å². The minimum Gasteiger partial charge on any atom is -0.392 e. The van der Waals surface area contributed by atoms with Crippen molar-refractivity contribution in [2.75, 3.05) is 6.54 Å². The predicted octanol–water partition coefficient (Wildman–Crippen LogP) is 2.16. The Morgan fingerprint density at radius 1 is 1.27 bits per heavy atom. The number of piperidine rings is 1. The molecule has 5 aliphatic carbocycles. The van der Waals surface area contributed by atoms with E-state index >= 15 is 0 Å². The highest BCUT2D eigenvalue weighted by atomic mass is 16.5. The van der Waals surface area contributed by atoms with Gasteiger partial charge in [0.25, 0.3) is 0 Å². The van der Waals surface area contributed by atoms with Crippen LogP contribution in [-0.4, -0.2) is 52.2 Å². The summed E-state index contributed by atoms with van der Waals surface area (Å²) in [6.07, 6.45) is 5.38. The van der Waals surface area contributed by atoms with Gasteiger partial charge in [0.2, 0.25) is 0 Å². The number of rotatable bonds is 1. The van der Waals surface area contributed by atoms with E-state index in [-0.39, 0.29) is 34.5 Å². The van der Waals surface area contributed by atoms with Crippen LogP contribution in [0.15, 0.2) is 12.2 Å². The van der Waals surface area contributed by atoms with Crippen LogP contribution < -0.4 is 0 Å². The monoisotopic (exact) mass is 357 g/mol. The van der Waals surface area contributed by atoms with Gasteiger partial charge in [-0.1, -0.05) is 20.4 Å². The summed E-state index contributed by atoms with van der Waals surface area (Å²) in [5, 5.41) is 22.4. The summed E-state index contributed by atoms with van der Waals surface area (Å²) in [6, 6.07) is 0.547. The Morgan fingerprint density at radius 3 is 2.85 bits per heavy atom. The van der Waals surface area contributed by atoms with E-state index in [1.165, 1.54) is 19.3 Å². The molecule has 9 fully saturated rings. The van der Waals surface area contributed by atoms with Gasteiger partial charge in [-0.15, -0.1) is 0 Å². The lowest BCUT2D eigenvalue weighted by Gasteiger charge is -2.73. The van der Waals surface area contributed by atoms with Gasteiger partial charge in [0, 0.05) is 28.2 Å². The molecule has 4 nitrogen and oxygen atoms in total. The molecule has 12 atom stereocenters. The summed E-state index contributed by atoms with van der Waals surface area (Å²) in [4.78, 5) is 2.69. The maximum atomic E-state index is 11.4. The second kappa shape index (κ2) is 4.12. The van der Waals surface area contributed by atoms with Crippen LogP contribution in [0.25, 0.3) is 0 Å². The van der Waals surface area contributed by atoms with Crippen molar-refractivity contribution in [3.63, 3.8) is 0 Å². The number of aliphatic hydroxyl groups is 2. The highest BCUT2D eigenvalue weighted by Gasteiger charge is 2.88. The molecule has 2 N–H and O–H groups in total. The third kappa shape index (κ3) is 1.14. The largest absolute Gasteiger partial charge is 0.392 e. The van der Waals surface area contributed by atoms with Crippen LogP contribution in [0.5, 0.6) is 0 Å². The van der Waals surface area contributed by atoms with Crippen LogP contribution in [0, 0.1) is 39.9 Å². The molecule has 4 heteroatoms. The SMILES string of the molecule is C=C1C2CC3(C1O)C1CC4C5(C)CCC6OC5N(CC)C1C64C3CC2O. The van der Waals surface area contributed by atoms with E-state index in [1.54, 1.807) is 0 Å². The van der Waals surface area contributed by atoms with E-state index in [0.717, 1.165) is 25.0 Å². The lowest BCUT2D eigenvalue weighted by molar-refractivity contribution is -0.372. The topological polar surface area (TPSA) is 52.9 Å². The summed E-state index contributed by atoms with van der Waals surface area (Å²) < 4.78 is 6.78. The van der Waals surface area contributed by atoms with Crippen LogP contribution in [0.3, 0.4) is 0 Å². The summed E-state index contributed by atoms with van der Waals surface area (Å²) in [5.41, 5.74) is 1.28. The van der Waals surface area contributed by atoms with E-state index in [4.69, 9.17) is 4.74 Å². The number of ether oxygens (including phenoxy) is 1. The first-order valence-electron chi connectivity index (χ1n) is 10.9. The van der Waals surface area contributed by atoms with Crippen molar-refractivity contribution in [2.45, 2.75) is 76.5 Å². The van der Waals surface area contributed by atoms with Crippen molar-refractivity contribution in [1.29, 1.82) is 0 Å². The number of hydrogen-bond acceptors (Lipinski definition) is 4. The molecule has 4 saturated heterocycles. The third-order valence-corrected chi connectivity index (χ3v) is 11.0. The van der Waals surface area contributed by atoms with E-state index < -0.39 is 6.10 Å². The average Bonchev–Trinajstić information content (AvgIpc) is 3.17. The van der Waals surface area contributed by atoms with Crippen LogP contribution >= 0.6 is 0 Å². The summed E-state index contributed by atoms with van der Waals surface area (Å²) in [7, 11) is 0. The molecule has 0 aromatic rings. The Morgan fingerprint density at radius 2 is 2.08 bits per heavy atom. The molecule has 2 spiro atoms. The van der Waals surface area contributed by atoms with Crippen molar-refractivity contribution < 1.29 is 14.9 Å². The van der Waals surface area contributed by atoms with Gasteiger partial charge in [0.05, 0.1) is 18.3 Å². The van der Waals surface area contributed by atoms with Crippen LogP contribution in [0.2, 0.25) is 0 Å². The van der Waals surface area contributed by atoms with Crippen LogP contribution in [0.4, 0.5) is 0 Å². The third-order valence-electron chi connectivity index (χ3n) is 11.0. The maximum absolute atomic E-state index is 11.4. The molecule has 5 saturated carbocycles. The molecular formula is C22H31NO3. The second-order valence-electron chi connectivity index (χ2n) is 10.9. The van der Waals surface area contributed by atoms with Gasteiger partial charge in [-0.05, 0) is 62.0 Å². The normalized spacial score (nSPS) is 69.5. The van der Waals surface area contributed by atoms with Gasteiger partial charge < -0.3 is 14.9 Å². The Bertz CT molecular complexity index is 739. The van der Waals surface area contributed by atoms with Crippen LogP contribution in [0.1, 0.15) is 46.0 Å². The molecule has 9 rings (SSSR count). The molecule has 4 heterocycles. The zero-order chi connectivity index (χ0) is 17.8. The molecule has 0 aromatic heterocycles. The van der Waals surface area contributed by atoms with Crippen molar-refractivity contribution in [3.05, 3.63) is 12.2 Å². The molecule has 12 unspecified atom stereocenters. The van der Waals surface area contributed by atoms with E-state index in [9.17, 15) is 10.2 Å². The molecule has 0 radical (unpaired) electrons. The van der Waals surface area contributed by atoms with Gasteiger partial charge in [-0.3, -0.25) is 4.90 Å². The Kier molecular flexibility index (Phi) is 2.46. The van der Waals surface area contributed by atoms with Gasteiger partial charge in [-0.25, -0.2) is 0 Å². The summed E-state index contributed by atoms with van der Waals surface area (Å²) >= 11 is 0. The Balaban J connectivity index is 1.51. The standard InChI is InChI=1S/C22H31NO3/c1-4-23-17-12-7-14-20(3)6-5-16(26-19(20)23)22(14,17)15-8-13(24)11-9-21(12,15)18(25)10(11)2/h11-19,24-25H,2,4-9H2,1,3H3. The van der Waals surface area contributed by atoms with Gasteiger partial charge in [0.1, 0.15) is 6.23 Å². The number of fused-ring (bicyclic) bond motifs is 2. The first kappa shape index (κ1) is 15.5.